The lowest BCUT2D eigenvalue weighted by Gasteiger charge is -1.99. The van der Waals surface area contributed by atoms with Crippen LogP contribution in [0.1, 0.15) is 29.5 Å². The van der Waals surface area contributed by atoms with E-state index in [9.17, 15) is 4.79 Å². The zero-order chi connectivity index (χ0) is 11.8. The summed E-state index contributed by atoms with van der Waals surface area (Å²) in [6.07, 6.45) is 1.01. The van der Waals surface area contributed by atoms with Gasteiger partial charge in [0.05, 0.1) is 18.0 Å². The summed E-state index contributed by atoms with van der Waals surface area (Å²) in [5.41, 5.74) is 0. The molecule has 1 aromatic rings. The van der Waals surface area contributed by atoms with E-state index in [4.69, 9.17) is 5.11 Å². The number of amides is 1. The lowest BCUT2D eigenvalue weighted by atomic mass is 10.4. The second-order valence-corrected chi connectivity index (χ2v) is 4.34. The average molecular weight is 237 g/mol. The zero-order valence-corrected chi connectivity index (χ0v) is 10.1. The summed E-state index contributed by atoms with van der Waals surface area (Å²) >= 11 is 1.57. The van der Waals surface area contributed by atoms with Crippen LogP contribution in [0.2, 0.25) is 0 Å². The Kier molecular flexibility index (Phi) is 5.62. The van der Waals surface area contributed by atoms with Crippen LogP contribution in [0.3, 0.4) is 0 Å². The quantitative estimate of drug-likeness (QED) is 0.780. The standard InChI is InChI=1S/C12H15NO2S/c1-2-12(15)13-9-11-7-6-10(16-11)5-3-4-8-14/h6-7,14H,2,4,8-9H2,1H3,(H,13,15). The highest BCUT2D eigenvalue weighted by Gasteiger charge is 2.00. The van der Waals surface area contributed by atoms with Crippen LogP contribution in [-0.2, 0) is 11.3 Å². The number of nitrogens with one attached hydrogen (secondary N) is 1. The first-order valence-corrected chi connectivity index (χ1v) is 6.03. The van der Waals surface area contributed by atoms with Crippen LogP contribution in [0.4, 0.5) is 0 Å². The Bertz CT molecular complexity index is 401. The molecule has 0 aromatic carbocycles. The van der Waals surface area contributed by atoms with Crippen molar-refractivity contribution in [3.05, 3.63) is 21.9 Å². The van der Waals surface area contributed by atoms with Crippen molar-refractivity contribution < 1.29 is 9.90 Å². The van der Waals surface area contributed by atoms with Crippen LogP contribution in [0.25, 0.3) is 0 Å². The lowest BCUT2D eigenvalue weighted by Crippen LogP contribution is -2.20. The van der Waals surface area contributed by atoms with E-state index in [0.717, 1.165) is 9.75 Å². The summed E-state index contributed by atoms with van der Waals surface area (Å²) in [6, 6.07) is 3.89. The van der Waals surface area contributed by atoms with Gasteiger partial charge in [0, 0.05) is 17.7 Å². The Balaban J connectivity index is 2.46. The molecule has 1 rings (SSSR count). The molecular formula is C12H15NO2S. The highest BCUT2D eigenvalue weighted by molar-refractivity contribution is 7.12. The summed E-state index contributed by atoms with van der Waals surface area (Å²) in [7, 11) is 0. The Labute approximate surface area is 99.5 Å². The van der Waals surface area contributed by atoms with E-state index in [0.29, 0.717) is 19.4 Å². The van der Waals surface area contributed by atoms with Gasteiger partial charge in [0.15, 0.2) is 0 Å². The number of carbonyl (C=O) groups is 1. The van der Waals surface area contributed by atoms with Gasteiger partial charge in [-0.1, -0.05) is 18.8 Å². The molecule has 1 heterocycles. The molecule has 4 heteroatoms. The molecule has 1 amide bonds. The van der Waals surface area contributed by atoms with Crippen LogP contribution >= 0.6 is 11.3 Å². The van der Waals surface area contributed by atoms with Crippen molar-refractivity contribution >= 4 is 17.2 Å². The Morgan fingerprint density at radius 3 is 3.06 bits per heavy atom. The molecule has 0 saturated heterocycles. The molecule has 0 saturated carbocycles. The third-order valence-electron chi connectivity index (χ3n) is 1.89. The normalized spacial score (nSPS) is 9.38. The fourth-order valence-electron chi connectivity index (χ4n) is 1.06. The Morgan fingerprint density at radius 2 is 2.38 bits per heavy atom. The first-order valence-electron chi connectivity index (χ1n) is 5.21. The fourth-order valence-corrected chi connectivity index (χ4v) is 1.88. The van der Waals surface area contributed by atoms with Gasteiger partial charge in [-0.3, -0.25) is 4.79 Å². The maximum Gasteiger partial charge on any atom is 0.220 e. The minimum absolute atomic E-state index is 0.0568. The number of aliphatic hydroxyl groups is 1. The molecule has 2 N–H and O–H groups in total. The monoisotopic (exact) mass is 237 g/mol. The van der Waals surface area contributed by atoms with Crippen LogP contribution in [0.5, 0.6) is 0 Å². The third kappa shape index (κ3) is 4.47. The second kappa shape index (κ2) is 7.04. The highest BCUT2D eigenvalue weighted by atomic mass is 32.1. The summed E-state index contributed by atoms with van der Waals surface area (Å²) in [4.78, 5) is 13.1. The molecular weight excluding hydrogens is 222 g/mol. The molecule has 16 heavy (non-hydrogen) atoms. The zero-order valence-electron chi connectivity index (χ0n) is 9.25. The van der Waals surface area contributed by atoms with Crippen molar-refractivity contribution in [2.75, 3.05) is 6.61 Å². The minimum atomic E-state index is 0.0568. The van der Waals surface area contributed by atoms with Gasteiger partial charge in [-0.15, -0.1) is 11.3 Å². The smallest absolute Gasteiger partial charge is 0.220 e. The molecule has 0 radical (unpaired) electrons. The van der Waals surface area contributed by atoms with E-state index in [1.807, 2.05) is 19.1 Å². The first kappa shape index (κ1) is 12.8. The molecule has 0 aliphatic rings. The van der Waals surface area contributed by atoms with Gasteiger partial charge in [-0.05, 0) is 12.1 Å². The van der Waals surface area contributed by atoms with E-state index in [-0.39, 0.29) is 12.5 Å². The molecule has 0 unspecified atom stereocenters. The van der Waals surface area contributed by atoms with Gasteiger partial charge < -0.3 is 10.4 Å². The van der Waals surface area contributed by atoms with Crippen molar-refractivity contribution in [1.29, 1.82) is 0 Å². The predicted molar refractivity (Wildman–Crippen MR) is 65.0 cm³/mol. The molecule has 3 nitrogen and oxygen atoms in total. The SMILES string of the molecule is CCC(=O)NCc1ccc(C#CCCO)s1. The number of aliphatic hydroxyl groups excluding tert-OH is 1. The maximum absolute atomic E-state index is 11.0. The lowest BCUT2D eigenvalue weighted by molar-refractivity contribution is -0.120. The molecule has 0 spiro atoms. The predicted octanol–water partition coefficient (Wildman–Crippen LogP) is 1.51. The third-order valence-corrected chi connectivity index (χ3v) is 2.89. The van der Waals surface area contributed by atoms with Gasteiger partial charge in [-0.2, -0.15) is 0 Å². The van der Waals surface area contributed by atoms with Crippen molar-refractivity contribution in [2.24, 2.45) is 0 Å². The van der Waals surface area contributed by atoms with E-state index in [1.165, 1.54) is 0 Å². The minimum Gasteiger partial charge on any atom is -0.395 e. The van der Waals surface area contributed by atoms with Crippen molar-refractivity contribution in [2.45, 2.75) is 26.3 Å². The largest absolute Gasteiger partial charge is 0.395 e. The topological polar surface area (TPSA) is 49.3 Å². The van der Waals surface area contributed by atoms with Gasteiger partial charge >= 0.3 is 0 Å². The number of hydrogen-bond donors (Lipinski definition) is 2. The molecule has 0 atom stereocenters. The van der Waals surface area contributed by atoms with E-state index < -0.39 is 0 Å². The van der Waals surface area contributed by atoms with Crippen LogP contribution in [0.15, 0.2) is 12.1 Å². The van der Waals surface area contributed by atoms with E-state index in [1.54, 1.807) is 11.3 Å². The van der Waals surface area contributed by atoms with Crippen molar-refractivity contribution in [3.63, 3.8) is 0 Å². The number of rotatable bonds is 4. The van der Waals surface area contributed by atoms with E-state index in [2.05, 4.69) is 17.2 Å². The van der Waals surface area contributed by atoms with Crippen molar-refractivity contribution in [3.8, 4) is 11.8 Å². The number of hydrogen-bond acceptors (Lipinski definition) is 3. The number of thiophene rings is 1. The summed E-state index contributed by atoms with van der Waals surface area (Å²) in [5, 5.41) is 11.4. The van der Waals surface area contributed by atoms with Crippen molar-refractivity contribution in [1.82, 2.24) is 5.32 Å². The molecule has 0 fully saturated rings. The van der Waals surface area contributed by atoms with Gasteiger partial charge in [0.2, 0.25) is 5.91 Å². The molecule has 0 aliphatic carbocycles. The molecule has 0 bridgehead atoms. The van der Waals surface area contributed by atoms with Crippen LogP contribution < -0.4 is 5.32 Å². The van der Waals surface area contributed by atoms with Gasteiger partial charge in [-0.25, -0.2) is 0 Å². The number of carbonyl (C=O) groups excluding carboxylic acids is 1. The second-order valence-electron chi connectivity index (χ2n) is 3.17. The van der Waals surface area contributed by atoms with E-state index >= 15 is 0 Å². The molecule has 0 aliphatic heterocycles. The van der Waals surface area contributed by atoms with Crippen LogP contribution in [-0.4, -0.2) is 17.6 Å². The molecule has 86 valence electrons. The average Bonchev–Trinajstić information content (AvgIpc) is 2.74. The Morgan fingerprint density at radius 1 is 1.56 bits per heavy atom. The first-order chi connectivity index (χ1) is 7.76. The maximum atomic E-state index is 11.0. The summed E-state index contributed by atoms with van der Waals surface area (Å²) in [6.45, 7) is 2.49. The fraction of sp³-hybridized carbons (Fsp3) is 0.417. The van der Waals surface area contributed by atoms with Gasteiger partial charge in [0.25, 0.3) is 0 Å². The van der Waals surface area contributed by atoms with Crippen LogP contribution in [0, 0.1) is 11.8 Å². The summed E-state index contributed by atoms with van der Waals surface area (Å²) < 4.78 is 0. The summed E-state index contributed by atoms with van der Waals surface area (Å²) in [5.74, 6) is 5.88. The molecule has 1 aromatic heterocycles. The highest BCUT2D eigenvalue weighted by Crippen LogP contribution is 2.14. The van der Waals surface area contributed by atoms with Gasteiger partial charge in [0.1, 0.15) is 0 Å². The Hall–Kier alpha value is -1.31.